The number of anilines is 2. The van der Waals surface area contributed by atoms with Gasteiger partial charge in [-0.15, -0.1) is 0 Å². The average Bonchev–Trinajstić information content (AvgIpc) is 2.74. The van der Waals surface area contributed by atoms with Gasteiger partial charge in [-0.05, 0) is 48.5 Å². The molecule has 0 fully saturated rings. The molecule has 0 aromatic heterocycles. The van der Waals surface area contributed by atoms with Crippen molar-refractivity contribution in [2.45, 2.75) is 4.90 Å². The normalized spacial score (nSPS) is 11.0. The van der Waals surface area contributed by atoms with Crippen LogP contribution in [0.25, 0.3) is 0 Å². The molecule has 3 aromatic carbocycles. The van der Waals surface area contributed by atoms with E-state index in [1.54, 1.807) is 36.4 Å². The van der Waals surface area contributed by atoms with E-state index in [9.17, 15) is 17.6 Å². The molecule has 0 unspecified atom stereocenters. The minimum Gasteiger partial charge on any atom is -0.497 e. The SMILES string of the molecule is COc1ccc(NC(=O)c2ccccc2N(C)S(=O)(=O)c2ccccc2F)cc1. The van der Waals surface area contributed by atoms with Gasteiger partial charge in [0, 0.05) is 12.7 Å². The van der Waals surface area contributed by atoms with E-state index in [0.29, 0.717) is 11.4 Å². The first-order valence-electron chi connectivity index (χ1n) is 8.62. The topological polar surface area (TPSA) is 75.7 Å². The summed E-state index contributed by atoms with van der Waals surface area (Å²) in [6.07, 6.45) is 0. The Morgan fingerprint density at radius 3 is 2.24 bits per heavy atom. The molecule has 0 saturated carbocycles. The molecule has 0 aliphatic carbocycles. The van der Waals surface area contributed by atoms with Crippen LogP contribution in [-0.4, -0.2) is 28.5 Å². The maximum absolute atomic E-state index is 14.1. The predicted octanol–water partition coefficient (Wildman–Crippen LogP) is 3.91. The first kappa shape index (κ1) is 20.3. The van der Waals surface area contributed by atoms with Crippen molar-refractivity contribution in [1.29, 1.82) is 0 Å². The van der Waals surface area contributed by atoms with Crippen LogP contribution in [0.15, 0.2) is 77.7 Å². The Morgan fingerprint density at radius 2 is 1.59 bits per heavy atom. The smallest absolute Gasteiger partial charge is 0.267 e. The molecule has 150 valence electrons. The highest BCUT2D eigenvalue weighted by molar-refractivity contribution is 7.92. The fourth-order valence-corrected chi connectivity index (χ4v) is 4.02. The molecule has 0 atom stereocenters. The highest BCUT2D eigenvalue weighted by Gasteiger charge is 2.27. The molecule has 3 rings (SSSR count). The van der Waals surface area contributed by atoms with E-state index >= 15 is 0 Å². The third kappa shape index (κ3) is 4.22. The van der Waals surface area contributed by atoms with Gasteiger partial charge in [-0.3, -0.25) is 9.10 Å². The van der Waals surface area contributed by atoms with E-state index in [0.717, 1.165) is 10.4 Å². The van der Waals surface area contributed by atoms with Crippen LogP contribution in [0.1, 0.15) is 10.4 Å². The van der Waals surface area contributed by atoms with Crippen molar-refractivity contribution in [3.05, 3.63) is 84.2 Å². The maximum Gasteiger partial charge on any atom is 0.267 e. The molecule has 3 aromatic rings. The number of nitrogens with zero attached hydrogens (tertiary/aromatic N) is 1. The Bertz CT molecular complexity index is 1130. The number of para-hydroxylation sites is 1. The molecular formula is C21H19FN2O4S. The third-order valence-corrected chi connectivity index (χ3v) is 6.12. The van der Waals surface area contributed by atoms with Crippen molar-refractivity contribution in [2.24, 2.45) is 0 Å². The quantitative estimate of drug-likeness (QED) is 0.664. The van der Waals surface area contributed by atoms with Gasteiger partial charge in [-0.1, -0.05) is 24.3 Å². The summed E-state index contributed by atoms with van der Waals surface area (Å²) in [4.78, 5) is 12.3. The van der Waals surface area contributed by atoms with Crippen LogP contribution >= 0.6 is 0 Å². The van der Waals surface area contributed by atoms with Gasteiger partial charge in [0.05, 0.1) is 18.4 Å². The van der Waals surface area contributed by atoms with Crippen LogP contribution in [-0.2, 0) is 10.0 Å². The second-order valence-electron chi connectivity index (χ2n) is 6.10. The lowest BCUT2D eigenvalue weighted by molar-refractivity contribution is 0.102. The van der Waals surface area contributed by atoms with Crippen molar-refractivity contribution in [3.63, 3.8) is 0 Å². The lowest BCUT2D eigenvalue weighted by atomic mass is 10.1. The summed E-state index contributed by atoms with van der Waals surface area (Å²) < 4.78 is 45.8. The monoisotopic (exact) mass is 414 g/mol. The number of hydrogen-bond donors (Lipinski definition) is 1. The third-order valence-electron chi connectivity index (χ3n) is 4.31. The van der Waals surface area contributed by atoms with Crippen molar-refractivity contribution in [2.75, 3.05) is 23.8 Å². The molecule has 0 radical (unpaired) electrons. The number of hydrogen-bond acceptors (Lipinski definition) is 4. The predicted molar refractivity (Wildman–Crippen MR) is 109 cm³/mol. The van der Waals surface area contributed by atoms with E-state index < -0.39 is 26.6 Å². The fraction of sp³-hybridized carbons (Fsp3) is 0.0952. The van der Waals surface area contributed by atoms with E-state index in [-0.39, 0.29) is 11.3 Å². The second kappa shape index (κ2) is 8.32. The summed E-state index contributed by atoms with van der Waals surface area (Å²) in [5.74, 6) is -0.722. The molecule has 1 amide bonds. The molecule has 0 saturated heterocycles. The van der Waals surface area contributed by atoms with Crippen LogP contribution in [0.4, 0.5) is 15.8 Å². The molecule has 1 N–H and O–H groups in total. The summed E-state index contributed by atoms with van der Waals surface area (Å²) in [5, 5.41) is 2.72. The Hall–Kier alpha value is -3.39. The highest BCUT2D eigenvalue weighted by atomic mass is 32.2. The summed E-state index contributed by atoms with van der Waals surface area (Å²) in [5.41, 5.74) is 0.776. The first-order chi connectivity index (χ1) is 13.8. The number of nitrogens with one attached hydrogen (secondary N) is 1. The number of rotatable bonds is 6. The van der Waals surface area contributed by atoms with E-state index in [1.165, 1.54) is 44.5 Å². The standard InChI is InChI=1S/C21H19FN2O4S/c1-24(29(26,27)20-10-6-4-8-18(20)22)19-9-5-3-7-17(19)21(25)23-15-11-13-16(28-2)14-12-15/h3-14H,1-2H3,(H,23,25). The van der Waals surface area contributed by atoms with Crippen LogP contribution < -0.4 is 14.4 Å². The number of sulfonamides is 1. The van der Waals surface area contributed by atoms with Crippen LogP contribution in [0.3, 0.4) is 0 Å². The molecule has 0 bridgehead atoms. The largest absolute Gasteiger partial charge is 0.497 e. The van der Waals surface area contributed by atoms with E-state index in [4.69, 9.17) is 4.74 Å². The average molecular weight is 414 g/mol. The molecule has 0 aliphatic rings. The van der Waals surface area contributed by atoms with Gasteiger partial charge in [-0.2, -0.15) is 0 Å². The summed E-state index contributed by atoms with van der Waals surface area (Å²) in [6.45, 7) is 0. The Balaban J connectivity index is 1.93. The van der Waals surface area contributed by atoms with Gasteiger partial charge in [0.2, 0.25) is 0 Å². The van der Waals surface area contributed by atoms with Gasteiger partial charge < -0.3 is 10.1 Å². The number of methoxy groups -OCH3 is 1. The molecule has 8 heteroatoms. The fourth-order valence-electron chi connectivity index (χ4n) is 2.74. The van der Waals surface area contributed by atoms with Crippen LogP contribution in [0, 0.1) is 5.82 Å². The number of carbonyl (C=O) groups excluding carboxylic acids is 1. The van der Waals surface area contributed by atoms with Crippen molar-refractivity contribution < 1.29 is 22.3 Å². The van der Waals surface area contributed by atoms with E-state index in [2.05, 4.69) is 5.32 Å². The summed E-state index contributed by atoms with van der Waals surface area (Å²) >= 11 is 0. The molecule has 0 aliphatic heterocycles. The summed E-state index contributed by atoms with van der Waals surface area (Å²) in [6, 6.07) is 18.0. The molecule has 0 spiro atoms. The van der Waals surface area contributed by atoms with Gasteiger partial charge in [0.1, 0.15) is 16.5 Å². The molecule has 29 heavy (non-hydrogen) atoms. The van der Waals surface area contributed by atoms with Gasteiger partial charge in [0.25, 0.3) is 15.9 Å². The Morgan fingerprint density at radius 1 is 0.966 bits per heavy atom. The first-order valence-corrected chi connectivity index (χ1v) is 10.1. The van der Waals surface area contributed by atoms with Crippen molar-refractivity contribution in [1.82, 2.24) is 0 Å². The lowest BCUT2D eigenvalue weighted by Gasteiger charge is -2.22. The zero-order valence-corrected chi connectivity index (χ0v) is 16.6. The Kier molecular flexibility index (Phi) is 5.84. The number of halogens is 1. The number of benzene rings is 3. The number of amides is 1. The molecule has 6 nitrogen and oxygen atoms in total. The second-order valence-corrected chi connectivity index (χ2v) is 8.04. The molecule has 0 heterocycles. The zero-order valence-electron chi connectivity index (χ0n) is 15.8. The van der Waals surface area contributed by atoms with Crippen LogP contribution in [0.5, 0.6) is 5.75 Å². The van der Waals surface area contributed by atoms with Gasteiger partial charge in [-0.25, -0.2) is 12.8 Å². The van der Waals surface area contributed by atoms with E-state index in [1.807, 2.05) is 0 Å². The van der Waals surface area contributed by atoms with Gasteiger partial charge >= 0.3 is 0 Å². The Labute approximate surface area is 168 Å². The number of carbonyl (C=O) groups is 1. The maximum atomic E-state index is 14.1. The zero-order chi connectivity index (χ0) is 21.0. The lowest BCUT2D eigenvalue weighted by Crippen LogP contribution is -2.29. The van der Waals surface area contributed by atoms with Gasteiger partial charge in [0.15, 0.2) is 0 Å². The van der Waals surface area contributed by atoms with Crippen LogP contribution in [0.2, 0.25) is 0 Å². The van der Waals surface area contributed by atoms with Crippen molar-refractivity contribution >= 4 is 27.3 Å². The minimum atomic E-state index is -4.20. The van der Waals surface area contributed by atoms with Crippen molar-refractivity contribution in [3.8, 4) is 5.75 Å². The molecular weight excluding hydrogens is 395 g/mol. The minimum absolute atomic E-state index is 0.127. The highest BCUT2D eigenvalue weighted by Crippen LogP contribution is 2.27. The number of ether oxygens (including phenoxy) is 1. The summed E-state index contributed by atoms with van der Waals surface area (Å²) in [7, 11) is -1.38.